The van der Waals surface area contributed by atoms with Gasteiger partial charge in [0, 0.05) is 51.3 Å². The Labute approximate surface area is 386 Å². The van der Waals surface area contributed by atoms with Crippen LogP contribution in [0.15, 0.2) is 39.5 Å². The number of ether oxygens (including phenoxy) is 5. The third-order valence-electron chi connectivity index (χ3n) is 11.3. The summed E-state index contributed by atoms with van der Waals surface area (Å²) >= 11 is 0. The molecule has 12 nitrogen and oxygen atoms in total. The molecule has 0 N–H and O–H groups in total. The zero-order valence-corrected chi connectivity index (χ0v) is 40.1. The molecule has 1 aromatic heterocycles. The molecule has 0 aliphatic heterocycles. The quantitative estimate of drug-likeness (QED) is 0.0317. The topological polar surface area (TPSA) is 162 Å². The van der Waals surface area contributed by atoms with Gasteiger partial charge in [0.15, 0.2) is 17.3 Å². The van der Waals surface area contributed by atoms with Gasteiger partial charge in [-0.25, -0.2) is 0 Å². The lowest BCUT2D eigenvalue weighted by molar-refractivity contribution is -0.137. The van der Waals surface area contributed by atoms with Gasteiger partial charge in [-0.05, 0) is 31.0 Å². The van der Waals surface area contributed by atoms with Gasteiger partial charge in [-0.2, -0.15) is 0 Å². The van der Waals surface area contributed by atoms with Crippen LogP contribution in [0.5, 0.6) is 28.7 Å². The molecule has 0 unspecified atom stereocenters. The third kappa shape index (κ3) is 21.7. The van der Waals surface area contributed by atoms with E-state index in [0.29, 0.717) is 12.8 Å². The molecule has 2 aromatic carbocycles. The van der Waals surface area contributed by atoms with Crippen molar-refractivity contribution in [3.8, 4) is 40.1 Å². The lowest BCUT2D eigenvalue weighted by Crippen LogP contribution is -2.15. The van der Waals surface area contributed by atoms with Gasteiger partial charge in [0.1, 0.15) is 22.5 Å². The molecule has 0 aliphatic rings. The lowest BCUT2D eigenvalue weighted by Gasteiger charge is -2.15. The van der Waals surface area contributed by atoms with Gasteiger partial charge in [0.25, 0.3) is 0 Å². The maximum absolute atomic E-state index is 14.0. The highest BCUT2D eigenvalue weighted by Crippen LogP contribution is 2.40. The molecule has 1 heterocycles. The summed E-state index contributed by atoms with van der Waals surface area (Å²) in [5, 5.41) is -0.251. The summed E-state index contributed by atoms with van der Waals surface area (Å²) < 4.78 is 33.7. The fourth-order valence-electron chi connectivity index (χ4n) is 7.86. The molecule has 12 heteroatoms. The van der Waals surface area contributed by atoms with E-state index in [0.717, 1.165) is 52.4 Å². The monoisotopic (exact) mass is 905 g/mol. The number of esters is 5. The van der Waals surface area contributed by atoms with Crippen molar-refractivity contribution in [2.75, 3.05) is 0 Å². The van der Waals surface area contributed by atoms with Gasteiger partial charge in [-0.15, -0.1) is 0 Å². The van der Waals surface area contributed by atoms with Crippen molar-refractivity contribution in [2.45, 2.75) is 214 Å². The summed E-state index contributed by atoms with van der Waals surface area (Å²) in [7, 11) is 0. The van der Waals surface area contributed by atoms with E-state index in [9.17, 15) is 28.8 Å². The van der Waals surface area contributed by atoms with Gasteiger partial charge in [0.05, 0.1) is 0 Å². The summed E-state index contributed by atoms with van der Waals surface area (Å²) in [6, 6.07) is 6.70. The van der Waals surface area contributed by atoms with E-state index in [2.05, 4.69) is 13.8 Å². The molecule has 360 valence electrons. The second kappa shape index (κ2) is 31.8. The highest BCUT2D eigenvalue weighted by atomic mass is 16.6. The summed E-state index contributed by atoms with van der Waals surface area (Å²) in [6.45, 7) is 7.88. The lowest BCUT2D eigenvalue weighted by atomic mass is 10.0. The molecule has 0 radical (unpaired) electrons. The molecule has 0 aliphatic carbocycles. The van der Waals surface area contributed by atoms with Gasteiger partial charge in [-0.1, -0.05) is 168 Å². The van der Waals surface area contributed by atoms with Crippen molar-refractivity contribution in [3.63, 3.8) is 0 Å². The number of hydrogen-bond acceptors (Lipinski definition) is 12. The Hall–Kier alpha value is -5.00. The van der Waals surface area contributed by atoms with Crippen LogP contribution in [0.2, 0.25) is 0 Å². The minimum Gasteiger partial charge on any atom is -0.452 e. The number of hydrogen-bond donors (Lipinski definition) is 0. The van der Waals surface area contributed by atoms with E-state index < -0.39 is 41.0 Å². The first-order valence-electron chi connectivity index (χ1n) is 24.7. The molecule has 0 saturated heterocycles. The third-order valence-corrected chi connectivity index (χ3v) is 11.3. The van der Waals surface area contributed by atoms with Gasteiger partial charge in [0.2, 0.25) is 11.2 Å². The van der Waals surface area contributed by atoms with Crippen molar-refractivity contribution in [1.29, 1.82) is 0 Å². The minimum absolute atomic E-state index is 0.00128. The predicted molar refractivity (Wildman–Crippen MR) is 254 cm³/mol. The SMILES string of the molecule is CCCCCCCCCCCCCCCC(=O)Oc1ccc(-c2oc3cc(OC(C)=O)cc(OC(C)=O)c3c(=O)c2OC(C)=O)cc1OC(=O)CCCCCCCCCCCCCCC. The standard InChI is InChI=1S/C53H76O12/c1-6-8-10-12-14-16-18-20-22-24-26-28-30-32-48(57)63-44-35-34-42(36-45(44)64-49(58)33-31-29-27-25-23-21-19-17-15-13-11-9-7-2)52-53(62-41(5)56)51(59)50-46(61-40(4)55)37-43(60-39(3)54)38-47(50)65-52/h34-38H,6-33H2,1-5H3. The summed E-state index contributed by atoms with van der Waals surface area (Å²) in [5.41, 5.74) is -0.895. The summed E-state index contributed by atoms with van der Waals surface area (Å²) in [5.74, 6) is -4.54. The minimum atomic E-state index is -0.865. The van der Waals surface area contributed by atoms with Gasteiger partial charge >= 0.3 is 29.8 Å². The normalized spacial score (nSPS) is 11.1. The number of fused-ring (bicyclic) bond motifs is 1. The van der Waals surface area contributed by atoms with Crippen molar-refractivity contribution >= 4 is 40.8 Å². The van der Waals surface area contributed by atoms with Crippen molar-refractivity contribution in [2.24, 2.45) is 0 Å². The molecular weight excluding hydrogens is 829 g/mol. The van der Waals surface area contributed by atoms with Crippen LogP contribution < -0.4 is 29.1 Å². The Balaban J connectivity index is 1.76. The Kier molecular flexibility index (Phi) is 26.6. The van der Waals surface area contributed by atoms with Crippen molar-refractivity contribution < 1.29 is 52.1 Å². The van der Waals surface area contributed by atoms with E-state index in [1.54, 1.807) is 0 Å². The maximum Gasteiger partial charge on any atom is 0.311 e. The molecule has 0 amide bonds. The van der Waals surface area contributed by atoms with Crippen molar-refractivity contribution in [3.05, 3.63) is 40.6 Å². The highest BCUT2D eigenvalue weighted by Gasteiger charge is 2.26. The van der Waals surface area contributed by atoms with E-state index in [1.165, 1.54) is 153 Å². The number of carbonyl (C=O) groups is 5. The molecule has 65 heavy (non-hydrogen) atoms. The predicted octanol–water partition coefficient (Wildman–Crippen LogP) is 14.0. The molecule has 0 saturated carbocycles. The fourth-order valence-corrected chi connectivity index (χ4v) is 7.86. The van der Waals surface area contributed by atoms with Gasteiger partial charge < -0.3 is 28.1 Å². The molecule has 3 rings (SSSR count). The zero-order valence-electron chi connectivity index (χ0n) is 40.1. The molecule has 0 fully saturated rings. The van der Waals surface area contributed by atoms with Crippen LogP contribution in [0, 0.1) is 0 Å². The van der Waals surface area contributed by atoms with Crippen LogP contribution >= 0.6 is 0 Å². The molecular formula is C53H76O12. The summed E-state index contributed by atoms with van der Waals surface area (Å²) in [4.78, 5) is 76.7. The first kappa shape index (κ1) is 54.3. The van der Waals surface area contributed by atoms with Gasteiger partial charge in [-0.3, -0.25) is 28.8 Å². The molecule has 0 atom stereocenters. The van der Waals surface area contributed by atoms with Crippen LogP contribution in [-0.4, -0.2) is 29.8 Å². The van der Waals surface area contributed by atoms with E-state index in [-0.39, 0.29) is 58.1 Å². The number of benzene rings is 2. The Morgan fingerprint density at radius 3 is 1.29 bits per heavy atom. The average molecular weight is 905 g/mol. The van der Waals surface area contributed by atoms with E-state index in [4.69, 9.17) is 28.1 Å². The maximum atomic E-state index is 14.0. The fraction of sp³-hybridized carbons (Fsp3) is 0.623. The first-order chi connectivity index (χ1) is 31.4. The van der Waals surface area contributed by atoms with E-state index in [1.807, 2.05) is 0 Å². The second-order valence-electron chi connectivity index (χ2n) is 17.3. The molecule has 0 spiro atoms. The van der Waals surface area contributed by atoms with Crippen LogP contribution in [-0.2, 0) is 24.0 Å². The highest BCUT2D eigenvalue weighted by molar-refractivity contribution is 5.92. The smallest absolute Gasteiger partial charge is 0.311 e. The number of unbranched alkanes of at least 4 members (excludes halogenated alkanes) is 24. The summed E-state index contributed by atoms with van der Waals surface area (Å²) in [6.07, 6.45) is 30.7. The number of carbonyl (C=O) groups excluding carboxylic acids is 5. The Morgan fingerprint density at radius 2 is 0.862 bits per heavy atom. The van der Waals surface area contributed by atoms with Crippen LogP contribution in [0.3, 0.4) is 0 Å². The van der Waals surface area contributed by atoms with Crippen LogP contribution in [0.4, 0.5) is 0 Å². The van der Waals surface area contributed by atoms with Crippen LogP contribution in [0.25, 0.3) is 22.3 Å². The molecule has 0 bridgehead atoms. The number of rotatable bonds is 34. The zero-order chi connectivity index (χ0) is 47.2. The van der Waals surface area contributed by atoms with Crippen LogP contribution in [0.1, 0.15) is 214 Å². The average Bonchev–Trinajstić information content (AvgIpc) is 3.25. The first-order valence-corrected chi connectivity index (χ1v) is 24.7. The molecule has 3 aromatic rings. The Bertz CT molecular complexity index is 2000. The van der Waals surface area contributed by atoms with Crippen molar-refractivity contribution in [1.82, 2.24) is 0 Å². The Morgan fingerprint density at radius 1 is 0.446 bits per heavy atom. The van der Waals surface area contributed by atoms with E-state index >= 15 is 0 Å². The largest absolute Gasteiger partial charge is 0.452 e. The second-order valence-corrected chi connectivity index (χ2v) is 17.3.